The van der Waals surface area contributed by atoms with E-state index in [1.807, 2.05) is 41.3 Å². The zero-order valence-electron chi connectivity index (χ0n) is 21.7. The van der Waals surface area contributed by atoms with E-state index in [9.17, 15) is 24.5 Å². The number of ketones is 3. The van der Waals surface area contributed by atoms with E-state index in [1.165, 1.54) is 30.3 Å². The molecule has 1 aliphatic carbocycles. The Hall–Kier alpha value is -4.59. The summed E-state index contributed by atoms with van der Waals surface area (Å²) in [5, 5.41) is 11.9. The van der Waals surface area contributed by atoms with Crippen LogP contribution in [0.2, 0.25) is 10.0 Å². The highest BCUT2D eigenvalue weighted by molar-refractivity contribution is 6.36. The van der Waals surface area contributed by atoms with Gasteiger partial charge in [0, 0.05) is 50.5 Å². The zero-order chi connectivity index (χ0) is 29.3. The molecule has 1 spiro atoms. The Morgan fingerprint density at radius 1 is 0.857 bits per heavy atom. The van der Waals surface area contributed by atoms with E-state index in [-0.39, 0.29) is 27.8 Å². The average molecular weight is 595 g/mol. The van der Waals surface area contributed by atoms with Crippen molar-refractivity contribution in [3.05, 3.63) is 145 Å². The molecule has 1 saturated heterocycles. The lowest BCUT2D eigenvalue weighted by atomic mass is 9.64. The summed E-state index contributed by atoms with van der Waals surface area (Å²) in [6.45, 7) is 0. The Morgan fingerprint density at radius 3 is 2.14 bits per heavy atom. The van der Waals surface area contributed by atoms with E-state index in [1.54, 1.807) is 36.4 Å². The maximum atomic E-state index is 14.7. The van der Waals surface area contributed by atoms with Crippen LogP contribution in [0.15, 0.2) is 97.1 Å². The van der Waals surface area contributed by atoms with Crippen molar-refractivity contribution in [3.8, 4) is 0 Å². The van der Waals surface area contributed by atoms with Crippen molar-refractivity contribution in [2.75, 3.05) is 4.90 Å². The maximum Gasteiger partial charge on any atom is 0.269 e. The Bertz CT molecular complexity index is 1850. The predicted octanol–water partition coefficient (Wildman–Crippen LogP) is 7.22. The Morgan fingerprint density at radius 2 is 1.50 bits per heavy atom. The first-order valence-corrected chi connectivity index (χ1v) is 14.0. The minimum absolute atomic E-state index is 0.160. The largest absolute Gasteiger partial charge is 0.352 e. The summed E-state index contributed by atoms with van der Waals surface area (Å²) in [7, 11) is 0. The molecular formula is C33H20Cl2N2O5. The first kappa shape index (κ1) is 26.3. The third-order valence-electron chi connectivity index (χ3n) is 8.64. The zero-order valence-corrected chi connectivity index (χ0v) is 23.3. The van der Waals surface area contributed by atoms with Crippen molar-refractivity contribution in [3.63, 3.8) is 0 Å². The van der Waals surface area contributed by atoms with Gasteiger partial charge in [-0.15, -0.1) is 0 Å². The van der Waals surface area contributed by atoms with Crippen LogP contribution in [-0.4, -0.2) is 34.4 Å². The molecule has 0 unspecified atom stereocenters. The SMILES string of the molecule is O=C(c1ccc([N+](=O)[O-])cc1)[C@@H]1[C@H](c2ccc(Cl)cc2Cl)C2(C(=O)c3ccccc3C2=O)[C@@H]2C=Cc3ccccc3N12. The van der Waals surface area contributed by atoms with Gasteiger partial charge in [-0.25, -0.2) is 0 Å². The number of nitro benzene ring substituents is 1. The van der Waals surface area contributed by atoms with E-state index in [0.717, 1.165) is 5.56 Å². The van der Waals surface area contributed by atoms with Gasteiger partial charge in [-0.1, -0.05) is 83.9 Å². The summed E-state index contributed by atoms with van der Waals surface area (Å²) in [5.74, 6) is -2.17. The summed E-state index contributed by atoms with van der Waals surface area (Å²) >= 11 is 13.1. The molecule has 3 atom stereocenters. The van der Waals surface area contributed by atoms with Gasteiger partial charge in [0.15, 0.2) is 17.3 Å². The Balaban J connectivity index is 1.54. The molecule has 2 aliphatic heterocycles. The number of nitro groups is 1. The second-order valence-electron chi connectivity index (χ2n) is 10.6. The van der Waals surface area contributed by atoms with Gasteiger partial charge in [-0.2, -0.15) is 0 Å². The number of non-ortho nitro benzene ring substituents is 1. The topological polar surface area (TPSA) is 97.6 Å². The molecule has 7 nitrogen and oxygen atoms in total. The molecule has 206 valence electrons. The number of anilines is 1. The van der Waals surface area contributed by atoms with Crippen LogP contribution < -0.4 is 4.90 Å². The molecule has 4 aromatic rings. The van der Waals surface area contributed by atoms with Gasteiger partial charge in [0.2, 0.25) is 0 Å². The number of halogens is 2. The van der Waals surface area contributed by atoms with Crippen LogP contribution >= 0.6 is 23.2 Å². The predicted molar refractivity (Wildman–Crippen MR) is 160 cm³/mol. The van der Waals surface area contributed by atoms with Crippen LogP contribution in [0, 0.1) is 15.5 Å². The molecule has 7 rings (SSSR count). The smallest absolute Gasteiger partial charge is 0.269 e. The molecule has 2 heterocycles. The number of rotatable bonds is 4. The van der Waals surface area contributed by atoms with Gasteiger partial charge < -0.3 is 4.90 Å². The van der Waals surface area contributed by atoms with Crippen LogP contribution in [-0.2, 0) is 0 Å². The van der Waals surface area contributed by atoms with E-state index in [2.05, 4.69) is 0 Å². The van der Waals surface area contributed by atoms with Crippen LogP contribution in [0.5, 0.6) is 0 Å². The number of carbonyl (C=O) groups excluding carboxylic acids is 3. The number of Topliss-reactive ketones (excluding diaryl/α,β-unsaturated/α-hetero) is 3. The summed E-state index contributed by atoms with van der Waals surface area (Å²) < 4.78 is 0. The molecule has 0 radical (unpaired) electrons. The first-order chi connectivity index (χ1) is 20.2. The van der Waals surface area contributed by atoms with Crippen molar-refractivity contribution in [1.82, 2.24) is 0 Å². The normalized spacial score (nSPS) is 21.3. The van der Waals surface area contributed by atoms with Crippen molar-refractivity contribution < 1.29 is 19.3 Å². The molecule has 0 saturated carbocycles. The molecule has 1 fully saturated rings. The van der Waals surface area contributed by atoms with Crippen molar-refractivity contribution in [2.24, 2.45) is 5.41 Å². The molecule has 4 aromatic carbocycles. The van der Waals surface area contributed by atoms with Crippen molar-refractivity contribution >= 4 is 58.0 Å². The highest BCUT2D eigenvalue weighted by Crippen LogP contribution is 2.61. The van der Waals surface area contributed by atoms with E-state index >= 15 is 0 Å². The second kappa shape index (κ2) is 9.48. The lowest BCUT2D eigenvalue weighted by molar-refractivity contribution is -0.384. The fourth-order valence-electron chi connectivity index (χ4n) is 6.93. The quantitative estimate of drug-likeness (QED) is 0.107. The third-order valence-corrected chi connectivity index (χ3v) is 9.20. The highest BCUT2D eigenvalue weighted by Gasteiger charge is 2.71. The minimum atomic E-state index is -1.72. The van der Waals surface area contributed by atoms with Gasteiger partial charge in [0.25, 0.3) is 5.69 Å². The molecule has 0 aromatic heterocycles. The van der Waals surface area contributed by atoms with Crippen LogP contribution in [0.1, 0.15) is 48.1 Å². The van der Waals surface area contributed by atoms with Gasteiger partial charge in [0.05, 0.1) is 11.0 Å². The Kier molecular flexibility index (Phi) is 5.94. The lowest BCUT2D eigenvalue weighted by Gasteiger charge is -2.37. The Labute approximate surface area is 250 Å². The van der Waals surface area contributed by atoms with E-state index < -0.39 is 34.1 Å². The standard InChI is InChI=1S/C33H20Cl2N2O5/c34-20-12-15-24(25(35)17-20)28-29(30(38)19-9-13-21(14-10-19)37(41)42)36-26-8-4-1-5-18(26)11-16-27(36)33(28)31(39)22-6-2-3-7-23(22)32(33)40/h1-17,27-29H/t27-,28-,29-/m0/s1. The molecule has 0 amide bonds. The van der Waals surface area contributed by atoms with Gasteiger partial charge >= 0.3 is 0 Å². The number of hydrogen-bond donors (Lipinski definition) is 0. The van der Waals surface area contributed by atoms with Gasteiger partial charge in [0.1, 0.15) is 11.5 Å². The number of para-hydroxylation sites is 1. The van der Waals surface area contributed by atoms with E-state index in [4.69, 9.17) is 23.2 Å². The maximum absolute atomic E-state index is 14.7. The number of benzene rings is 4. The first-order valence-electron chi connectivity index (χ1n) is 13.2. The molecule has 42 heavy (non-hydrogen) atoms. The molecule has 0 bridgehead atoms. The summed E-state index contributed by atoms with van der Waals surface area (Å²) in [5.41, 5.74) is 0.883. The van der Waals surface area contributed by atoms with Crippen LogP contribution in [0.3, 0.4) is 0 Å². The van der Waals surface area contributed by atoms with E-state index in [0.29, 0.717) is 27.4 Å². The third kappa shape index (κ3) is 3.50. The molecule has 9 heteroatoms. The number of carbonyl (C=O) groups is 3. The minimum Gasteiger partial charge on any atom is -0.352 e. The summed E-state index contributed by atoms with van der Waals surface area (Å²) in [6.07, 6.45) is 3.70. The fourth-order valence-corrected chi connectivity index (χ4v) is 7.46. The van der Waals surface area contributed by atoms with Crippen molar-refractivity contribution in [1.29, 1.82) is 0 Å². The van der Waals surface area contributed by atoms with Crippen LogP contribution in [0.4, 0.5) is 11.4 Å². The number of fused-ring (bicyclic) bond motifs is 5. The number of hydrogen-bond acceptors (Lipinski definition) is 6. The number of nitrogens with zero attached hydrogens (tertiary/aromatic N) is 2. The molecule has 0 N–H and O–H groups in total. The average Bonchev–Trinajstić information content (AvgIpc) is 3.43. The van der Waals surface area contributed by atoms with Crippen molar-refractivity contribution in [2.45, 2.75) is 18.0 Å². The second-order valence-corrected chi connectivity index (χ2v) is 11.4. The highest BCUT2D eigenvalue weighted by atomic mass is 35.5. The fraction of sp³-hybridized carbons (Fsp3) is 0.121. The summed E-state index contributed by atoms with van der Waals surface area (Å²) in [6, 6.07) is 22.5. The summed E-state index contributed by atoms with van der Waals surface area (Å²) in [4.78, 5) is 56.6. The lowest BCUT2D eigenvalue weighted by Crippen LogP contribution is -2.48. The van der Waals surface area contributed by atoms with Crippen LogP contribution in [0.25, 0.3) is 6.08 Å². The monoisotopic (exact) mass is 594 g/mol. The molecular weight excluding hydrogens is 575 g/mol. The van der Waals surface area contributed by atoms with Gasteiger partial charge in [-0.05, 0) is 41.5 Å². The van der Waals surface area contributed by atoms with Gasteiger partial charge in [-0.3, -0.25) is 24.5 Å². The molecule has 3 aliphatic rings.